The zero-order valence-corrected chi connectivity index (χ0v) is 14.3. The summed E-state index contributed by atoms with van der Waals surface area (Å²) in [4.78, 5) is 14.7. The lowest BCUT2D eigenvalue weighted by Crippen LogP contribution is -2.44. The minimum Gasteiger partial charge on any atom is -0.338 e. The molecule has 4 rings (SSSR count). The van der Waals surface area contributed by atoms with Crippen LogP contribution in [0.2, 0.25) is 0 Å². The Morgan fingerprint density at radius 2 is 2.17 bits per heavy atom. The van der Waals surface area contributed by atoms with Crippen LogP contribution in [0.1, 0.15) is 24.8 Å². The first-order chi connectivity index (χ1) is 11.5. The van der Waals surface area contributed by atoms with Gasteiger partial charge in [-0.1, -0.05) is 12.1 Å². The molecule has 128 valence electrons. The number of nitrogens with one attached hydrogen (secondary N) is 1. The van der Waals surface area contributed by atoms with Gasteiger partial charge in [-0.3, -0.25) is 9.89 Å². The summed E-state index contributed by atoms with van der Waals surface area (Å²) < 4.78 is 24.2. The third-order valence-corrected chi connectivity index (χ3v) is 6.79. The minimum absolute atomic E-state index is 0.0304. The van der Waals surface area contributed by atoms with E-state index in [0.29, 0.717) is 25.3 Å². The predicted octanol–water partition coefficient (Wildman–Crippen LogP) is 1.53. The second-order valence-electron chi connectivity index (χ2n) is 6.93. The van der Waals surface area contributed by atoms with E-state index in [-0.39, 0.29) is 23.5 Å². The van der Waals surface area contributed by atoms with Gasteiger partial charge in [0.25, 0.3) is 0 Å². The van der Waals surface area contributed by atoms with E-state index >= 15 is 0 Å². The number of amides is 1. The number of aromatic nitrogens is 2. The molecule has 24 heavy (non-hydrogen) atoms. The topological polar surface area (TPSA) is 83.1 Å². The molecule has 2 heterocycles. The molecule has 1 saturated carbocycles. The van der Waals surface area contributed by atoms with Crippen LogP contribution >= 0.6 is 0 Å². The molecule has 1 amide bonds. The smallest absolute Gasteiger partial charge is 0.227 e. The monoisotopic (exact) mass is 347 g/mol. The third kappa shape index (κ3) is 3.17. The summed E-state index contributed by atoms with van der Waals surface area (Å²) in [6, 6.07) is 5.70. The molecule has 1 N–H and O–H groups in total. The van der Waals surface area contributed by atoms with Crippen molar-refractivity contribution < 1.29 is 13.2 Å². The highest BCUT2D eigenvalue weighted by Crippen LogP contribution is 2.37. The Labute approximate surface area is 141 Å². The number of aromatic amines is 1. The van der Waals surface area contributed by atoms with Crippen molar-refractivity contribution in [3.8, 4) is 0 Å². The van der Waals surface area contributed by atoms with Gasteiger partial charge >= 0.3 is 0 Å². The summed E-state index contributed by atoms with van der Waals surface area (Å²) in [5.41, 5.74) is 1.84. The van der Waals surface area contributed by atoms with Crippen LogP contribution in [0.4, 0.5) is 0 Å². The van der Waals surface area contributed by atoms with E-state index in [4.69, 9.17) is 0 Å². The van der Waals surface area contributed by atoms with Crippen LogP contribution < -0.4 is 0 Å². The molecule has 0 spiro atoms. The van der Waals surface area contributed by atoms with Gasteiger partial charge in [-0.15, -0.1) is 0 Å². The van der Waals surface area contributed by atoms with Crippen molar-refractivity contribution in [3.63, 3.8) is 0 Å². The van der Waals surface area contributed by atoms with E-state index in [9.17, 15) is 13.2 Å². The van der Waals surface area contributed by atoms with Gasteiger partial charge in [0.05, 0.1) is 29.6 Å². The van der Waals surface area contributed by atoms with Gasteiger partial charge in [-0.2, -0.15) is 5.10 Å². The maximum Gasteiger partial charge on any atom is 0.227 e. The molecule has 1 aromatic carbocycles. The first-order valence-electron chi connectivity index (χ1n) is 8.44. The van der Waals surface area contributed by atoms with Gasteiger partial charge < -0.3 is 4.90 Å². The molecule has 1 atom stereocenters. The second kappa shape index (κ2) is 5.88. The second-order valence-corrected chi connectivity index (χ2v) is 9.16. The van der Waals surface area contributed by atoms with Crippen molar-refractivity contribution in [1.82, 2.24) is 15.1 Å². The van der Waals surface area contributed by atoms with Crippen molar-refractivity contribution >= 4 is 26.6 Å². The molecule has 7 heteroatoms. The molecule has 2 aromatic rings. The van der Waals surface area contributed by atoms with Gasteiger partial charge in [0.2, 0.25) is 5.91 Å². The van der Waals surface area contributed by atoms with Crippen molar-refractivity contribution in [3.05, 3.63) is 30.0 Å². The Hall–Kier alpha value is -1.89. The number of fused-ring (bicyclic) bond motifs is 1. The van der Waals surface area contributed by atoms with Crippen molar-refractivity contribution in [2.24, 2.45) is 5.92 Å². The normalized spacial score (nSPS) is 24.0. The Kier molecular flexibility index (Phi) is 3.83. The number of benzene rings is 1. The molecule has 1 aliphatic carbocycles. The van der Waals surface area contributed by atoms with E-state index in [2.05, 4.69) is 10.2 Å². The molecule has 1 aromatic heterocycles. The van der Waals surface area contributed by atoms with Crippen LogP contribution in [-0.4, -0.2) is 53.5 Å². The molecule has 0 radical (unpaired) electrons. The van der Waals surface area contributed by atoms with Crippen LogP contribution in [0.3, 0.4) is 0 Å². The summed E-state index contributed by atoms with van der Waals surface area (Å²) in [6.07, 6.45) is 4.66. The number of sulfone groups is 1. The Morgan fingerprint density at radius 1 is 1.33 bits per heavy atom. The number of hydrogen-bond acceptors (Lipinski definition) is 4. The number of H-pyrrole nitrogens is 1. The largest absolute Gasteiger partial charge is 0.338 e. The summed E-state index contributed by atoms with van der Waals surface area (Å²) in [6.45, 7) is 0.547. The van der Waals surface area contributed by atoms with E-state index in [1.807, 2.05) is 23.1 Å². The molecule has 1 saturated heterocycles. The summed E-state index contributed by atoms with van der Waals surface area (Å²) in [5, 5.41) is 7.93. The van der Waals surface area contributed by atoms with E-state index in [1.165, 1.54) is 0 Å². The highest BCUT2D eigenvalue weighted by molar-refractivity contribution is 7.91. The zero-order valence-electron chi connectivity index (χ0n) is 13.4. The highest BCUT2D eigenvalue weighted by Gasteiger charge is 2.41. The van der Waals surface area contributed by atoms with Crippen molar-refractivity contribution in [2.75, 3.05) is 18.1 Å². The fourth-order valence-electron chi connectivity index (χ4n) is 3.61. The van der Waals surface area contributed by atoms with Gasteiger partial charge in [-0.05, 0) is 36.8 Å². The minimum atomic E-state index is -3.04. The molecule has 2 fully saturated rings. The summed E-state index contributed by atoms with van der Waals surface area (Å²) in [7, 11) is -3.04. The van der Waals surface area contributed by atoms with Crippen molar-refractivity contribution in [2.45, 2.75) is 31.7 Å². The number of carbonyl (C=O) groups is 1. The Balaban J connectivity index is 1.55. The van der Waals surface area contributed by atoms with Gasteiger partial charge in [-0.25, -0.2) is 8.42 Å². The highest BCUT2D eigenvalue weighted by atomic mass is 32.2. The van der Waals surface area contributed by atoms with Crippen LogP contribution in [0, 0.1) is 5.92 Å². The van der Waals surface area contributed by atoms with Crippen LogP contribution in [0.15, 0.2) is 24.4 Å². The fraction of sp³-hybridized carbons (Fsp3) is 0.529. The summed E-state index contributed by atoms with van der Waals surface area (Å²) in [5.74, 6) is 0.711. The molecule has 2 aliphatic rings. The number of hydrogen-bond donors (Lipinski definition) is 1. The SMILES string of the molecule is O=C(Cc1ccc2cn[nH]c2c1)N1CCCS(=O)(=O)CC1C1CC1. The fourth-order valence-corrected chi connectivity index (χ4v) is 5.31. The third-order valence-electron chi connectivity index (χ3n) is 5.03. The van der Waals surface area contributed by atoms with Gasteiger partial charge in [0, 0.05) is 18.0 Å². The first kappa shape index (κ1) is 15.6. The lowest BCUT2D eigenvalue weighted by atomic mass is 10.1. The molecule has 1 aliphatic heterocycles. The number of rotatable bonds is 3. The first-order valence-corrected chi connectivity index (χ1v) is 10.3. The Morgan fingerprint density at radius 3 is 2.96 bits per heavy atom. The molecule has 6 nitrogen and oxygen atoms in total. The average Bonchev–Trinajstić information content (AvgIpc) is 3.29. The molecule has 1 unspecified atom stereocenters. The maximum atomic E-state index is 12.9. The van der Waals surface area contributed by atoms with Crippen LogP contribution in [-0.2, 0) is 21.1 Å². The lowest BCUT2D eigenvalue weighted by molar-refractivity contribution is -0.132. The number of carbonyl (C=O) groups excluding carboxylic acids is 1. The quantitative estimate of drug-likeness (QED) is 0.913. The maximum absolute atomic E-state index is 12.9. The summed E-state index contributed by atoms with van der Waals surface area (Å²) >= 11 is 0. The van der Waals surface area contributed by atoms with E-state index in [0.717, 1.165) is 29.3 Å². The van der Waals surface area contributed by atoms with E-state index in [1.54, 1.807) is 6.20 Å². The predicted molar refractivity (Wildman–Crippen MR) is 91.3 cm³/mol. The number of nitrogens with zero attached hydrogens (tertiary/aromatic N) is 2. The molecule has 0 bridgehead atoms. The standard InChI is InChI=1S/C17H21N3O3S/c21-17(9-12-2-3-14-10-18-19-15(14)8-12)20-6-1-7-24(22,23)11-16(20)13-4-5-13/h2-3,8,10,13,16H,1,4-7,9,11H2,(H,18,19). The molecular weight excluding hydrogens is 326 g/mol. The van der Waals surface area contributed by atoms with E-state index < -0.39 is 9.84 Å². The lowest BCUT2D eigenvalue weighted by Gasteiger charge is -2.29. The van der Waals surface area contributed by atoms with Gasteiger partial charge in [0.1, 0.15) is 0 Å². The van der Waals surface area contributed by atoms with Crippen LogP contribution in [0.25, 0.3) is 10.9 Å². The van der Waals surface area contributed by atoms with Gasteiger partial charge in [0.15, 0.2) is 9.84 Å². The van der Waals surface area contributed by atoms with Crippen molar-refractivity contribution in [1.29, 1.82) is 0 Å². The Bertz CT molecular complexity index is 870. The molecular formula is C17H21N3O3S. The van der Waals surface area contributed by atoms with Crippen LogP contribution in [0.5, 0.6) is 0 Å². The zero-order chi connectivity index (χ0) is 16.7. The average molecular weight is 347 g/mol.